The third-order valence-corrected chi connectivity index (χ3v) is 5.11. The average Bonchev–Trinajstić information content (AvgIpc) is 2.66. The summed E-state index contributed by atoms with van der Waals surface area (Å²) < 4.78 is 6.54. The first kappa shape index (κ1) is 17.2. The van der Waals surface area contributed by atoms with Crippen LogP contribution in [0.2, 0.25) is 0 Å². The molecule has 0 bridgehead atoms. The maximum atomic E-state index is 12.7. The minimum Gasteiger partial charge on any atom is -0.468 e. The number of carbonyl (C=O) groups is 1. The molecule has 0 spiro atoms. The molecule has 6 heteroatoms. The number of carbonyl (C=O) groups excluding carboxylic acids is 1. The Balaban J connectivity index is 2.11. The number of hydrogen-bond donors (Lipinski definition) is 0. The molecule has 0 radical (unpaired) electrons. The number of methoxy groups -OCH3 is 1. The van der Waals surface area contributed by atoms with Crippen molar-refractivity contribution in [3.05, 3.63) is 70.5 Å². The second-order valence-electron chi connectivity index (χ2n) is 5.39. The minimum absolute atomic E-state index is 0.104. The van der Waals surface area contributed by atoms with E-state index >= 15 is 0 Å². The van der Waals surface area contributed by atoms with Crippen LogP contribution in [-0.4, -0.2) is 22.6 Å². The zero-order chi connectivity index (χ0) is 17.8. The Bertz CT molecular complexity index is 954. The number of esters is 1. The summed E-state index contributed by atoms with van der Waals surface area (Å²) in [6.45, 7) is 2.36. The number of hydrogen-bond acceptors (Lipinski definition) is 5. The van der Waals surface area contributed by atoms with E-state index in [1.54, 1.807) is 16.7 Å². The van der Waals surface area contributed by atoms with Crippen molar-refractivity contribution in [3.8, 4) is 0 Å². The average molecular weight is 354 g/mol. The van der Waals surface area contributed by atoms with Crippen molar-refractivity contribution >= 4 is 28.6 Å². The lowest BCUT2D eigenvalue weighted by Crippen LogP contribution is -2.23. The molecule has 0 N–H and O–H groups in total. The molecule has 5 nitrogen and oxygen atoms in total. The summed E-state index contributed by atoms with van der Waals surface area (Å²) in [5.41, 5.74) is 1.33. The molecule has 25 heavy (non-hydrogen) atoms. The molecular formula is C19H18N2O3S. The van der Waals surface area contributed by atoms with Gasteiger partial charge in [-0.15, -0.1) is 0 Å². The quantitative estimate of drug-likeness (QED) is 0.399. The van der Waals surface area contributed by atoms with E-state index in [1.165, 1.54) is 18.9 Å². The Hall–Kier alpha value is -2.60. The predicted molar refractivity (Wildman–Crippen MR) is 98.7 cm³/mol. The lowest BCUT2D eigenvalue weighted by molar-refractivity contribution is -0.140. The molecule has 2 aromatic carbocycles. The maximum Gasteiger partial charge on any atom is 0.323 e. The van der Waals surface area contributed by atoms with Crippen LogP contribution < -0.4 is 5.56 Å². The molecule has 0 fully saturated rings. The van der Waals surface area contributed by atoms with Gasteiger partial charge in [-0.3, -0.25) is 14.2 Å². The molecule has 0 amide bonds. The smallest absolute Gasteiger partial charge is 0.323 e. The van der Waals surface area contributed by atoms with Gasteiger partial charge in [-0.2, -0.15) is 0 Å². The molecule has 0 saturated carbocycles. The second-order valence-corrected chi connectivity index (χ2v) is 6.46. The van der Waals surface area contributed by atoms with Gasteiger partial charge in [-0.1, -0.05) is 54.2 Å². The van der Waals surface area contributed by atoms with E-state index in [1.807, 2.05) is 49.4 Å². The van der Waals surface area contributed by atoms with Crippen molar-refractivity contribution in [2.24, 2.45) is 0 Å². The fourth-order valence-electron chi connectivity index (χ4n) is 2.61. The van der Waals surface area contributed by atoms with Crippen LogP contribution in [0.15, 0.2) is 64.5 Å². The number of thioether (sulfide) groups is 1. The van der Waals surface area contributed by atoms with Gasteiger partial charge in [-0.25, -0.2) is 4.98 Å². The number of aromatic nitrogens is 2. The SMILES string of the molecule is CCn1c(S[C@@H](C(=O)OC)c2ccccc2)nc2ccccc2c1=O. The zero-order valence-electron chi connectivity index (χ0n) is 14.0. The van der Waals surface area contributed by atoms with Crippen molar-refractivity contribution in [1.29, 1.82) is 0 Å². The summed E-state index contributed by atoms with van der Waals surface area (Å²) in [5.74, 6) is -0.374. The molecular weight excluding hydrogens is 336 g/mol. The normalized spacial score (nSPS) is 12.1. The molecule has 0 unspecified atom stereocenters. The van der Waals surface area contributed by atoms with Crippen LogP contribution in [0.5, 0.6) is 0 Å². The number of nitrogens with zero attached hydrogens (tertiary/aromatic N) is 2. The standard InChI is InChI=1S/C19H18N2O3S/c1-3-21-17(22)14-11-7-8-12-15(14)20-19(21)25-16(18(23)24-2)13-9-5-4-6-10-13/h4-12,16H,3H2,1-2H3/t16-/m1/s1. The van der Waals surface area contributed by atoms with Crippen LogP contribution in [0.25, 0.3) is 10.9 Å². The van der Waals surface area contributed by atoms with Gasteiger partial charge in [0.05, 0.1) is 18.0 Å². The number of para-hydroxylation sites is 1. The Morgan fingerprint density at radius 2 is 1.84 bits per heavy atom. The first-order chi connectivity index (χ1) is 12.2. The van der Waals surface area contributed by atoms with Crippen molar-refractivity contribution in [2.75, 3.05) is 7.11 Å². The van der Waals surface area contributed by atoms with E-state index < -0.39 is 5.25 Å². The largest absolute Gasteiger partial charge is 0.468 e. The molecule has 128 valence electrons. The van der Waals surface area contributed by atoms with Gasteiger partial charge in [0.1, 0.15) is 5.25 Å². The minimum atomic E-state index is -0.586. The lowest BCUT2D eigenvalue weighted by atomic mass is 10.1. The topological polar surface area (TPSA) is 61.2 Å². The van der Waals surface area contributed by atoms with Gasteiger partial charge >= 0.3 is 5.97 Å². The maximum absolute atomic E-state index is 12.7. The van der Waals surface area contributed by atoms with Crippen molar-refractivity contribution in [2.45, 2.75) is 23.9 Å². The Kier molecular flexibility index (Phi) is 5.19. The van der Waals surface area contributed by atoms with Crippen LogP contribution in [0.4, 0.5) is 0 Å². The van der Waals surface area contributed by atoms with Gasteiger partial charge in [0.2, 0.25) is 0 Å². The van der Waals surface area contributed by atoms with Crippen LogP contribution in [0, 0.1) is 0 Å². The highest BCUT2D eigenvalue weighted by Gasteiger charge is 2.25. The fourth-order valence-corrected chi connectivity index (χ4v) is 3.80. The molecule has 0 aliphatic rings. The van der Waals surface area contributed by atoms with E-state index in [-0.39, 0.29) is 11.5 Å². The van der Waals surface area contributed by atoms with E-state index in [4.69, 9.17) is 4.74 Å². The Morgan fingerprint density at radius 1 is 1.16 bits per heavy atom. The Labute approximate surface area is 149 Å². The molecule has 1 aromatic heterocycles. The zero-order valence-corrected chi connectivity index (χ0v) is 14.8. The molecule has 0 aliphatic heterocycles. The summed E-state index contributed by atoms with van der Waals surface area (Å²) in [6, 6.07) is 16.6. The van der Waals surface area contributed by atoms with Crippen LogP contribution in [-0.2, 0) is 16.1 Å². The number of ether oxygens (including phenoxy) is 1. The number of benzene rings is 2. The second kappa shape index (κ2) is 7.53. The summed E-state index contributed by atoms with van der Waals surface area (Å²) in [6.07, 6.45) is 0. The van der Waals surface area contributed by atoms with Crippen LogP contribution >= 0.6 is 11.8 Å². The molecule has 3 rings (SSSR count). The molecule has 0 aliphatic carbocycles. The summed E-state index contributed by atoms with van der Waals surface area (Å²) in [5, 5.41) is 0.491. The van der Waals surface area contributed by atoms with E-state index in [0.29, 0.717) is 22.6 Å². The first-order valence-corrected chi connectivity index (χ1v) is 8.82. The molecule has 1 atom stereocenters. The number of fused-ring (bicyclic) bond motifs is 1. The highest BCUT2D eigenvalue weighted by Crippen LogP contribution is 2.35. The predicted octanol–water partition coefficient (Wildman–Crippen LogP) is 3.42. The van der Waals surface area contributed by atoms with E-state index in [9.17, 15) is 9.59 Å². The summed E-state index contributed by atoms with van der Waals surface area (Å²) >= 11 is 1.23. The molecule has 0 saturated heterocycles. The summed E-state index contributed by atoms with van der Waals surface area (Å²) in [7, 11) is 1.36. The van der Waals surface area contributed by atoms with Crippen LogP contribution in [0.1, 0.15) is 17.7 Å². The van der Waals surface area contributed by atoms with Crippen molar-refractivity contribution < 1.29 is 9.53 Å². The van der Waals surface area contributed by atoms with Crippen LogP contribution in [0.3, 0.4) is 0 Å². The van der Waals surface area contributed by atoms with E-state index in [0.717, 1.165) is 5.56 Å². The lowest BCUT2D eigenvalue weighted by Gasteiger charge is -2.17. The van der Waals surface area contributed by atoms with Gasteiger partial charge in [0, 0.05) is 6.54 Å². The van der Waals surface area contributed by atoms with Gasteiger partial charge < -0.3 is 4.74 Å². The third kappa shape index (κ3) is 3.44. The highest BCUT2D eigenvalue weighted by atomic mass is 32.2. The van der Waals surface area contributed by atoms with Gasteiger partial charge in [0.25, 0.3) is 5.56 Å². The van der Waals surface area contributed by atoms with Crippen molar-refractivity contribution in [3.63, 3.8) is 0 Å². The van der Waals surface area contributed by atoms with Gasteiger partial charge in [0.15, 0.2) is 5.16 Å². The number of rotatable bonds is 5. The fraction of sp³-hybridized carbons (Fsp3) is 0.211. The van der Waals surface area contributed by atoms with E-state index in [2.05, 4.69) is 4.98 Å². The monoisotopic (exact) mass is 354 g/mol. The summed E-state index contributed by atoms with van der Waals surface area (Å²) in [4.78, 5) is 29.6. The molecule has 1 heterocycles. The first-order valence-electron chi connectivity index (χ1n) is 7.94. The van der Waals surface area contributed by atoms with Crippen molar-refractivity contribution in [1.82, 2.24) is 9.55 Å². The third-order valence-electron chi connectivity index (χ3n) is 3.88. The highest BCUT2D eigenvalue weighted by molar-refractivity contribution is 8.00. The molecule has 3 aromatic rings. The van der Waals surface area contributed by atoms with Gasteiger partial charge in [-0.05, 0) is 24.6 Å². The Morgan fingerprint density at radius 3 is 2.52 bits per heavy atom.